The minimum Gasteiger partial charge on any atom is -0.374 e. The lowest BCUT2D eigenvalue weighted by Crippen LogP contribution is -2.24. The number of nitrogens with one attached hydrogen (secondary N) is 1. The summed E-state index contributed by atoms with van der Waals surface area (Å²) < 4.78 is 0. The normalized spacial score (nSPS) is 13.6. The number of H-pyrrole nitrogens is 1. The number of aromatic nitrogens is 2. The second kappa shape index (κ2) is 5.71. The molecule has 0 unspecified atom stereocenters. The first-order valence-electron chi connectivity index (χ1n) is 6.68. The zero-order valence-electron chi connectivity index (χ0n) is 11.4. The number of fused-ring (bicyclic) bond motifs is 1. The quantitative estimate of drug-likeness (QED) is 0.831. The average Bonchev–Trinajstić information content (AvgIpc) is 2.95. The average molecular weight is 243 g/mol. The molecule has 0 amide bonds. The van der Waals surface area contributed by atoms with E-state index < -0.39 is 0 Å². The zero-order chi connectivity index (χ0) is 13.0. The fourth-order valence-electron chi connectivity index (χ4n) is 2.37. The molecule has 1 aromatic carbocycles. The van der Waals surface area contributed by atoms with Gasteiger partial charge in [-0.25, -0.2) is 0 Å². The third kappa shape index (κ3) is 2.40. The smallest absolute Gasteiger partial charge is 0.0565 e. The lowest BCUT2D eigenvalue weighted by atomic mass is 9.98. The van der Waals surface area contributed by atoms with E-state index in [0.717, 1.165) is 12.1 Å². The molecule has 0 bridgehead atoms. The molecule has 0 radical (unpaired) electrons. The van der Waals surface area contributed by atoms with E-state index in [4.69, 9.17) is 0 Å². The van der Waals surface area contributed by atoms with Gasteiger partial charge in [-0.05, 0) is 36.1 Å². The molecule has 1 aromatic heterocycles. The van der Waals surface area contributed by atoms with Crippen molar-refractivity contribution in [3.63, 3.8) is 0 Å². The molecule has 3 nitrogen and oxygen atoms in total. The van der Waals surface area contributed by atoms with Gasteiger partial charge >= 0.3 is 0 Å². The van der Waals surface area contributed by atoms with Gasteiger partial charge in [0.1, 0.15) is 0 Å². The second-order valence-electron chi connectivity index (χ2n) is 4.36. The van der Waals surface area contributed by atoms with Crippen LogP contribution < -0.4 is 4.90 Å². The summed E-state index contributed by atoms with van der Waals surface area (Å²) >= 11 is 0. The van der Waals surface area contributed by atoms with Crippen LogP contribution >= 0.6 is 0 Å². The number of rotatable bonds is 1. The number of benzene rings is 1. The molecule has 0 fully saturated rings. The molecule has 0 aliphatic carbocycles. The Hall–Kier alpha value is -1.77. The number of hydrogen-bond donors (Lipinski definition) is 1. The Bertz CT molecular complexity index is 488. The molecular formula is C15H21N3. The van der Waals surface area contributed by atoms with Gasteiger partial charge in [-0.3, -0.25) is 5.10 Å². The Labute approximate surface area is 109 Å². The summed E-state index contributed by atoms with van der Waals surface area (Å²) in [7, 11) is 2.16. The van der Waals surface area contributed by atoms with Crippen molar-refractivity contribution in [1.82, 2.24) is 10.2 Å². The molecule has 1 aliphatic rings. The highest BCUT2D eigenvalue weighted by Crippen LogP contribution is 2.30. The van der Waals surface area contributed by atoms with Crippen molar-refractivity contribution in [2.45, 2.75) is 26.7 Å². The lowest BCUT2D eigenvalue weighted by Gasteiger charge is -2.27. The van der Waals surface area contributed by atoms with Gasteiger partial charge in [0.2, 0.25) is 0 Å². The SMILES string of the molecule is CC.CN1CCCc2cc(-c3cn[nH]c3)ccc21. The molecule has 18 heavy (non-hydrogen) atoms. The van der Waals surface area contributed by atoms with Crippen LogP contribution in [0.4, 0.5) is 5.69 Å². The zero-order valence-corrected chi connectivity index (χ0v) is 11.4. The Morgan fingerprint density at radius 2 is 2.06 bits per heavy atom. The fourth-order valence-corrected chi connectivity index (χ4v) is 2.37. The van der Waals surface area contributed by atoms with E-state index in [0.29, 0.717) is 0 Å². The molecule has 0 saturated heterocycles. The molecule has 0 spiro atoms. The van der Waals surface area contributed by atoms with Gasteiger partial charge in [-0.1, -0.05) is 19.9 Å². The predicted molar refractivity (Wildman–Crippen MR) is 77.0 cm³/mol. The van der Waals surface area contributed by atoms with Crippen LogP contribution in [0.25, 0.3) is 11.1 Å². The van der Waals surface area contributed by atoms with E-state index in [9.17, 15) is 0 Å². The Morgan fingerprint density at radius 3 is 2.78 bits per heavy atom. The fraction of sp³-hybridized carbons (Fsp3) is 0.400. The number of nitrogens with zero attached hydrogens (tertiary/aromatic N) is 2. The molecule has 0 saturated carbocycles. The molecule has 96 valence electrons. The summed E-state index contributed by atoms with van der Waals surface area (Å²) in [5, 5.41) is 6.85. The highest BCUT2D eigenvalue weighted by Gasteiger charge is 2.14. The highest BCUT2D eigenvalue weighted by molar-refractivity contribution is 5.68. The highest BCUT2D eigenvalue weighted by atomic mass is 15.1. The maximum absolute atomic E-state index is 3.99. The van der Waals surface area contributed by atoms with E-state index in [1.54, 1.807) is 0 Å². The molecule has 2 aromatic rings. The Balaban J connectivity index is 0.000000574. The van der Waals surface area contributed by atoms with Gasteiger partial charge in [-0.15, -0.1) is 0 Å². The topological polar surface area (TPSA) is 31.9 Å². The van der Waals surface area contributed by atoms with Crippen LogP contribution in [0.1, 0.15) is 25.8 Å². The lowest BCUT2D eigenvalue weighted by molar-refractivity contribution is 0.745. The van der Waals surface area contributed by atoms with Crippen LogP contribution in [0, 0.1) is 0 Å². The van der Waals surface area contributed by atoms with Crippen LogP contribution in [0.15, 0.2) is 30.6 Å². The van der Waals surface area contributed by atoms with Crippen molar-refractivity contribution >= 4 is 5.69 Å². The van der Waals surface area contributed by atoms with Crippen molar-refractivity contribution in [3.05, 3.63) is 36.2 Å². The van der Waals surface area contributed by atoms with Crippen molar-refractivity contribution in [2.24, 2.45) is 0 Å². The monoisotopic (exact) mass is 243 g/mol. The van der Waals surface area contributed by atoms with Crippen molar-refractivity contribution in [1.29, 1.82) is 0 Å². The van der Waals surface area contributed by atoms with Gasteiger partial charge in [0.05, 0.1) is 6.20 Å². The minimum atomic E-state index is 1.16. The van der Waals surface area contributed by atoms with Gasteiger partial charge < -0.3 is 4.90 Å². The number of aryl methyl sites for hydroxylation is 1. The van der Waals surface area contributed by atoms with E-state index in [2.05, 4.69) is 40.3 Å². The molecule has 3 rings (SSSR count). The van der Waals surface area contributed by atoms with E-state index in [-0.39, 0.29) is 0 Å². The third-order valence-electron chi connectivity index (χ3n) is 3.26. The van der Waals surface area contributed by atoms with Gasteiger partial charge in [-0.2, -0.15) is 5.10 Å². The maximum Gasteiger partial charge on any atom is 0.0565 e. The minimum absolute atomic E-state index is 1.16. The summed E-state index contributed by atoms with van der Waals surface area (Å²) in [6.45, 7) is 5.16. The van der Waals surface area contributed by atoms with Crippen LogP contribution in [0.5, 0.6) is 0 Å². The third-order valence-corrected chi connectivity index (χ3v) is 3.26. The summed E-state index contributed by atoms with van der Waals surface area (Å²) in [4.78, 5) is 2.33. The first-order chi connectivity index (χ1) is 8.84. The molecule has 2 heterocycles. The van der Waals surface area contributed by atoms with Crippen LogP contribution in [-0.4, -0.2) is 23.8 Å². The largest absolute Gasteiger partial charge is 0.374 e. The van der Waals surface area contributed by atoms with Gasteiger partial charge in [0.15, 0.2) is 0 Å². The summed E-state index contributed by atoms with van der Waals surface area (Å²) in [6.07, 6.45) is 6.24. The number of aromatic amines is 1. The van der Waals surface area contributed by atoms with Crippen LogP contribution in [0.3, 0.4) is 0 Å². The summed E-state index contributed by atoms with van der Waals surface area (Å²) in [6, 6.07) is 6.68. The Kier molecular flexibility index (Phi) is 4.03. The number of anilines is 1. The van der Waals surface area contributed by atoms with Crippen molar-refractivity contribution in [2.75, 3.05) is 18.5 Å². The first-order valence-corrected chi connectivity index (χ1v) is 6.68. The van der Waals surface area contributed by atoms with Crippen LogP contribution in [-0.2, 0) is 6.42 Å². The standard InChI is InChI=1S/C13H15N3.C2H6/c1-16-6-2-3-11-7-10(4-5-13(11)16)12-8-14-15-9-12;1-2/h4-5,7-9H,2-3,6H2,1H3,(H,14,15);1-2H3. The van der Waals surface area contributed by atoms with Gasteiger partial charge in [0.25, 0.3) is 0 Å². The maximum atomic E-state index is 3.99. The van der Waals surface area contributed by atoms with E-state index in [1.165, 1.54) is 29.7 Å². The molecule has 1 aliphatic heterocycles. The van der Waals surface area contributed by atoms with E-state index in [1.807, 2.05) is 26.2 Å². The summed E-state index contributed by atoms with van der Waals surface area (Å²) in [5.41, 5.74) is 5.24. The summed E-state index contributed by atoms with van der Waals surface area (Å²) in [5.74, 6) is 0. The first kappa shape index (κ1) is 12.7. The predicted octanol–water partition coefficient (Wildman–Crippen LogP) is 3.49. The molecule has 3 heteroatoms. The van der Waals surface area contributed by atoms with E-state index >= 15 is 0 Å². The van der Waals surface area contributed by atoms with Crippen LogP contribution in [0.2, 0.25) is 0 Å². The van der Waals surface area contributed by atoms with Gasteiger partial charge in [0, 0.05) is 31.0 Å². The molecule has 0 atom stereocenters. The molecular weight excluding hydrogens is 222 g/mol. The van der Waals surface area contributed by atoms with Crippen molar-refractivity contribution < 1.29 is 0 Å². The Morgan fingerprint density at radius 1 is 1.22 bits per heavy atom. The second-order valence-corrected chi connectivity index (χ2v) is 4.36. The number of hydrogen-bond acceptors (Lipinski definition) is 2. The molecule has 1 N–H and O–H groups in total. The van der Waals surface area contributed by atoms with Crippen molar-refractivity contribution in [3.8, 4) is 11.1 Å².